The van der Waals surface area contributed by atoms with E-state index in [1.165, 1.54) is 12.8 Å². The molecule has 0 aromatic carbocycles. The van der Waals surface area contributed by atoms with Crippen LogP contribution < -0.4 is 0 Å². The molecule has 0 heterocycles. The maximum Gasteiger partial charge on any atom is -0.147 e. The van der Waals surface area contributed by atoms with E-state index in [2.05, 4.69) is 54.3 Å². The Morgan fingerprint density at radius 3 is 1.44 bits per heavy atom. The molecule has 0 aromatic heterocycles. The molecule has 4 heteroatoms. The second-order valence-electron chi connectivity index (χ2n) is 6.22. The van der Waals surface area contributed by atoms with Gasteiger partial charge in [0.15, 0.2) is 0 Å². The Bertz CT molecular complexity index is 488. The van der Waals surface area contributed by atoms with Crippen LogP contribution in [0.2, 0.25) is 9.26 Å². The van der Waals surface area contributed by atoms with Crippen LogP contribution in [0.4, 0.5) is 0 Å². The summed E-state index contributed by atoms with van der Waals surface area (Å²) in [6.07, 6.45) is 11.8. The van der Waals surface area contributed by atoms with Crippen LogP contribution in [0.5, 0.6) is 0 Å². The van der Waals surface area contributed by atoms with Gasteiger partial charge in [0.1, 0.15) is 0 Å². The van der Waals surface area contributed by atoms with Crippen LogP contribution in [0.15, 0.2) is 42.0 Å². The van der Waals surface area contributed by atoms with E-state index in [0.717, 1.165) is 0 Å². The Labute approximate surface area is 126 Å². The Morgan fingerprint density at radius 2 is 1.22 bits per heavy atom. The van der Waals surface area contributed by atoms with Crippen molar-refractivity contribution < 1.29 is 17.4 Å². The fourth-order valence-electron chi connectivity index (χ4n) is 3.33. The maximum absolute atomic E-state index is 2.75. The van der Waals surface area contributed by atoms with E-state index in [0.29, 0.717) is 0 Å². The summed E-state index contributed by atoms with van der Waals surface area (Å²) in [7, 11) is 0. The summed E-state index contributed by atoms with van der Waals surface area (Å²) in [5.41, 5.74) is 3.11. The van der Waals surface area contributed by atoms with Crippen molar-refractivity contribution >= 4 is 31.7 Å². The van der Waals surface area contributed by atoms with Gasteiger partial charge in [0.05, 0.1) is 0 Å². The van der Waals surface area contributed by atoms with Crippen LogP contribution in [-0.2, 0) is 17.4 Å². The topological polar surface area (TPSA) is 0 Å². The van der Waals surface area contributed by atoms with Crippen molar-refractivity contribution in [2.45, 2.75) is 36.0 Å². The molecule has 2 rings (SSSR count). The molecule has 0 aliphatic heterocycles. The minimum atomic E-state index is -2.75. The summed E-state index contributed by atoms with van der Waals surface area (Å²) >= 11 is -2.75. The van der Waals surface area contributed by atoms with Gasteiger partial charge in [0, 0.05) is 0 Å². The van der Waals surface area contributed by atoms with Crippen LogP contribution in [0.3, 0.4) is 0 Å². The summed E-state index contributed by atoms with van der Waals surface area (Å²) in [5, 5.41) is 0. The fourth-order valence-corrected chi connectivity index (χ4v) is 19.7. The zero-order valence-electron chi connectivity index (χ0n) is 11.7. The van der Waals surface area contributed by atoms with E-state index in [-0.39, 0.29) is 24.8 Å². The summed E-state index contributed by atoms with van der Waals surface area (Å²) in [6.45, 7) is 6.95. The number of hydrogen-bond donors (Lipinski definition) is 0. The van der Waals surface area contributed by atoms with Crippen molar-refractivity contribution in [2.24, 2.45) is 0 Å². The molecule has 0 spiro atoms. The monoisotopic (exact) mass is 380 g/mol. The molecule has 0 fully saturated rings. The molecule has 102 valence electrons. The van der Waals surface area contributed by atoms with E-state index in [1.807, 2.05) is 0 Å². The molecule has 2 aliphatic rings. The molecule has 0 aromatic rings. The summed E-state index contributed by atoms with van der Waals surface area (Å²) in [4.78, 5) is 0. The van der Waals surface area contributed by atoms with Gasteiger partial charge in [-0.15, -0.1) is 24.8 Å². The molecule has 0 saturated carbocycles. The second-order valence-corrected chi connectivity index (χ2v) is 34.9. The van der Waals surface area contributed by atoms with Gasteiger partial charge < -0.3 is 0 Å². The zero-order chi connectivity index (χ0) is 12.0. The number of hydrogen-bond acceptors (Lipinski definition) is 0. The van der Waals surface area contributed by atoms with E-state index in [1.54, 1.807) is 17.7 Å². The molecule has 0 N–H and O–H groups in total. The Balaban J connectivity index is 0.00000144. The van der Waals surface area contributed by atoms with Crippen molar-refractivity contribution in [1.82, 2.24) is 0 Å². The Hall–Kier alpha value is 0.640. The first kappa shape index (κ1) is 18.6. The van der Waals surface area contributed by atoms with E-state index in [9.17, 15) is 0 Å². The minimum Gasteiger partial charge on any atom is -0.147 e. The van der Waals surface area contributed by atoms with Gasteiger partial charge in [-0.3, -0.25) is 0 Å². The third-order valence-electron chi connectivity index (χ3n) is 4.27. The van der Waals surface area contributed by atoms with Crippen LogP contribution in [0.1, 0.15) is 26.7 Å². The molecule has 0 unspecified atom stereocenters. The van der Waals surface area contributed by atoms with Crippen LogP contribution in [-0.4, -0.2) is 6.88 Å². The number of halogens is 2. The largest absolute Gasteiger partial charge is 0.147 e. The van der Waals surface area contributed by atoms with Crippen LogP contribution >= 0.6 is 24.8 Å². The SMILES string of the molecule is CC1=[C]([Zr]([CH3])([CH3])(=[SiH2])[C]2=C(C)C=CC2)CC=C1.Cl.Cl. The standard InChI is InChI=1S/2C6H7.2CH3.2ClH.H2Si.Zr/c2*1-6-4-2-3-5-6;;;;;;/h2*2,4H,3H2,1H3;2*1H3;2*1H;1H2;. The molecule has 2 aliphatic carbocycles. The van der Waals surface area contributed by atoms with Gasteiger partial charge in [-0.25, -0.2) is 0 Å². The van der Waals surface area contributed by atoms with Crippen molar-refractivity contribution in [3.63, 3.8) is 0 Å². The number of rotatable bonds is 2. The molecule has 0 saturated heterocycles. The third kappa shape index (κ3) is 3.03. The van der Waals surface area contributed by atoms with Gasteiger partial charge >= 0.3 is 102 Å². The van der Waals surface area contributed by atoms with Gasteiger partial charge in [-0.2, -0.15) is 0 Å². The smallest absolute Gasteiger partial charge is 0.147 e. The third-order valence-corrected chi connectivity index (χ3v) is 21.8. The van der Waals surface area contributed by atoms with Gasteiger partial charge in [-0.05, 0) is 0 Å². The second kappa shape index (κ2) is 5.95. The predicted octanol–water partition coefficient (Wildman–Crippen LogP) is 4.63. The first-order valence-corrected chi connectivity index (χ1v) is 19.4. The average molecular weight is 383 g/mol. The van der Waals surface area contributed by atoms with E-state index in [4.69, 9.17) is 0 Å². The minimum absolute atomic E-state index is 0. The predicted molar refractivity (Wildman–Crippen MR) is 87.7 cm³/mol. The van der Waals surface area contributed by atoms with Crippen molar-refractivity contribution in [3.8, 4) is 0 Å². The molecular formula is C14H24Cl2SiZr. The van der Waals surface area contributed by atoms with Crippen molar-refractivity contribution in [1.29, 1.82) is 0 Å². The van der Waals surface area contributed by atoms with Gasteiger partial charge in [0.25, 0.3) is 0 Å². The molecule has 0 atom stereocenters. The normalized spacial score (nSPS) is 19.2. The van der Waals surface area contributed by atoms with E-state index < -0.39 is 17.4 Å². The maximum atomic E-state index is 2.61. The van der Waals surface area contributed by atoms with E-state index >= 15 is 0 Å². The Kier molecular flexibility index (Phi) is 6.17. The van der Waals surface area contributed by atoms with Crippen molar-refractivity contribution in [2.75, 3.05) is 0 Å². The van der Waals surface area contributed by atoms with Gasteiger partial charge in [0.2, 0.25) is 0 Å². The first-order chi connectivity index (χ1) is 7.31. The molecule has 0 nitrogen and oxygen atoms in total. The molecule has 0 bridgehead atoms. The fraction of sp³-hybridized carbons (Fsp3) is 0.429. The van der Waals surface area contributed by atoms with Crippen LogP contribution in [0.25, 0.3) is 0 Å². The molecular weight excluding hydrogens is 358 g/mol. The first-order valence-electron chi connectivity index (χ1n) is 6.12. The zero-order valence-corrected chi connectivity index (χ0v) is 17.3. The summed E-state index contributed by atoms with van der Waals surface area (Å²) in [6, 6.07) is 0. The average Bonchev–Trinajstić information content (AvgIpc) is 2.73. The van der Waals surface area contributed by atoms with Crippen LogP contribution in [0, 0.1) is 0 Å². The quantitative estimate of drug-likeness (QED) is 0.611. The van der Waals surface area contributed by atoms with Crippen molar-refractivity contribution in [3.05, 3.63) is 42.0 Å². The van der Waals surface area contributed by atoms with Gasteiger partial charge in [-0.1, -0.05) is 0 Å². The summed E-state index contributed by atoms with van der Waals surface area (Å²) < 4.78 is 8.82. The molecule has 18 heavy (non-hydrogen) atoms. The Morgan fingerprint density at radius 1 is 0.889 bits per heavy atom. The molecule has 0 radical (unpaired) electrons. The number of allylic oxidation sites excluding steroid dienone is 8. The summed E-state index contributed by atoms with van der Waals surface area (Å²) in [5.74, 6) is 0. The molecule has 0 amide bonds.